The van der Waals surface area contributed by atoms with Crippen LogP contribution in [0.25, 0.3) is 11.3 Å². The van der Waals surface area contributed by atoms with Crippen LogP contribution in [-0.2, 0) is 0 Å². The van der Waals surface area contributed by atoms with Crippen LogP contribution in [0.4, 0.5) is 11.4 Å². The Labute approximate surface area is 168 Å². The van der Waals surface area contributed by atoms with E-state index in [1.165, 1.54) is 42.9 Å². The zero-order valence-corrected chi connectivity index (χ0v) is 16.4. The van der Waals surface area contributed by atoms with Gasteiger partial charge in [-0.15, -0.1) is 0 Å². The predicted molar refractivity (Wildman–Crippen MR) is 102 cm³/mol. The minimum atomic E-state index is -0.544. The predicted octanol–water partition coefficient (Wildman–Crippen LogP) is 5.18. The zero-order valence-electron chi connectivity index (χ0n) is 13.2. The van der Waals surface area contributed by atoms with E-state index in [1.54, 1.807) is 6.07 Å². The molecular formula is C16H9Br2N3O6. The number of benzene rings is 2. The molecule has 1 heterocycles. The first-order valence-electron chi connectivity index (χ1n) is 7.04. The molecular weight excluding hydrogens is 490 g/mol. The Morgan fingerprint density at radius 2 is 1.52 bits per heavy atom. The van der Waals surface area contributed by atoms with Crippen molar-refractivity contribution < 1.29 is 19.1 Å². The SMILES string of the molecule is O=Cc1cc(Br)cc([N+](=O)[O-])c1.O=[N+]([O-])c1cc(Br)cc(-c2cnco2)c1. The number of carbonyl (C=O) groups is 1. The highest BCUT2D eigenvalue weighted by Crippen LogP contribution is 2.28. The van der Waals surface area contributed by atoms with Gasteiger partial charge in [0.15, 0.2) is 12.2 Å². The van der Waals surface area contributed by atoms with E-state index in [0.29, 0.717) is 26.6 Å². The van der Waals surface area contributed by atoms with Gasteiger partial charge in [0.05, 0.1) is 16.0 Å². The lowest BCUT2D eigenvalue weighted by Crippen LogP contribution is -1.89. The first-order valence-corrected chi connectivity index (χ1v) is 8.62. The van der Waals surface area contributed by atoms with Crippen molar-refractivity contribution in [2.75, 3.05) is 0 Å². The van der Waals surface area contributed by atoms with E-state index >= 15 is 0 Å². The van der Waals surface area contributed by atoms with Gasteiger partial charge < -0.3 is 4.42 Å². The van der Waals surface area contributed by atoms with Crippen molar-refractivity contribution in [3.63, 3.8) is 0 Å². The number of rotatable bonds is 4. The van der Waals surface area contributed by atoms with E-state index in [4.69, 9.17) is 4.42 Å². The summed E-state index contributed by atoms with van der Waals surface area (Å²) in [5, 5.41) is 20.9. The third-order valence-corrected chi connectivity index (χ3v) is 3.98. The summed E-state index contributed by atoms with van der Waals surface area (Å²) in [7, 11) is 0. The fourth-order valence-corrected chi connectivity index (χ4v) is 2.93. The lowest BCUT2D eigenvalue weighted by Gasteiger charge is -1.98. The maximum Gasteiger partial charge on any atom is 0.271 e. The number of hydrogen-bond donors (Lipinski definition) is 0. The first-order chi connectivity index (χ1) is 12.8. The number of nitrogens with zero attached hydrogens (tertiary/aromatic N) is 3. The summed E-state index contributed by atoms with van der Waals surface area (Å²) in [4.78, 5) is 33.9. The molecule has 0 radical (unpaired) electrons. The van der Waals surface area contributed by atoms with Crippen LogP contribution in [0.2, 0.25) is 0 Å². The Morgan fingerprint density at radius 1 is 0.926 bits per heavy atom. The molecule has 0 aliphatic heterocycles. The lowest BCUT2D eigenvalue weighted by atomic mass is 10.2. The number of nitro benzene ring substituents is 2. The topological polar surface area (TPSA) is 129 Å². The fourth-order valence-electron chi connectivity index (χ4n) is 1.95. The molecule has 0 N–H and O–H groups in total. The number of halogens is 2. The quantitative estimate of drug-likeness (QED) is 0.275. The molecule has 0 aliphatic carbocycles. The number of non-ortho nitro benzene ring substituents is 2. The van der Waals surface area contributed by atoms with Crippen molar-refractivity contribution in [1.29, 1.82) is 0 Å². The Balaban J connectivity index is 0.000000199. The standard InChI is InChI=1S/C9H5BrN2O3.C7H4BrNO3/c10-7-1-6(9-4-11-5-15-9)2-8(3-7)12(13)14;8-6-1-5(4-10)2-7(3-6)9(11)12/h1-5H;1-4H. The highest BCUT2D eigenvalue weighted by Gasteiger charge is 2.11. The number of hydrogen-bond acceptors (Lipinski definition) is 7. The molecule has 0 unspecified atom stereocenters. The molecule has 1 aromatic heterocycles. The highest BCUT2D eigenvalue weighted by molar-refractivity contribution is 9.10. The van der Waals surface area contributed by atoms with Gasteiger partial charge in [-0.2, -0.15) is 0 Å². The second kappa shape index (κ2) is 9.14. The van der Waals surface area contributed by atoms with Crippen LogP contribution in [0.1, 0.15) is 10.4 Å². The molecule has 11 heteroatoms. The summed E-state index contributed by atoms with van der Waals surface area (Å²) in [6.07, 6.45) is 3.35. The second-order valence-electron chi connectivity index (χ2n) is 4.94. The number of nitro groups is 2. The van der Waals surface area contributed by atoms with E-state index in [-0.39, 0.29) is 16.9 Å². The Bertz CT molecular complexity index is 992. The van der Waals surface area contributed by atoms with Gasteiger partial charge in [-0.05, 0) is 12.1 Å². The summed E-state index contributed by atoms with van der Waals surface area (Å²) in [5.41, 5.74) is 0.826. The molecule has 27 heavy (non-hydrogen) atoms. The van der Waals surface area contributed by atoms with Crippen LogP contribution in [0, 0.1) is 20.2 Å². The number of aromatic nitrogens is 1. The molecule has 0 amide bonds. The average molecular weight is 499 g/mol. The van der Waals surface area contributed by atoms with E-state index in [2.05, 4.69) is 36.8 Å². The van der Waals surface area contributed by atoms with E-state index < -0.39 is 9.85 Å². The van der Waals surface area contributed by atoms with Crippen LogP contribution >= 0.6 is 31.9 Å². The lowest BCUT2D eigenvalue weighted by molar-refractivity contribution is -0.385. The largest absolute Gasteiger partial charge is 0.444 e. The Kier molecular flexibility index (Phi) is 6.91. The Morgan fingerprint density at radius 3 is 2.04 bits per heavy atom. The van der Waals surface area contributed by atoms with Gasteiger partial charge in [0.2, 0.25) is 0 Å². The summed E-state index contributed by atoms with van der Waals surface area (Å²) in [6, 6.07) is 8.67. The molecule has 2 aromatic carbocycles. The molecule has 0 aliphatic rings. The summed E-state index contributed by atoms with van der Waals surface area (Å²) in [5.74, 6) is 0.499. The van der Waals surface area contributed by atoms with E-state index in [9.17, 15) is 25.0 Å². The number of aldehydes is 1. The molecule has 0 spiro atoms. The van der Waals surface area contributed by atoms with Gasteiger partial charge in [-0.1, -0.05) is 31.9 Å². The van der Waals surface area contributed by atoms with Crippen molar-refractivity contribution in [3.8, 4) is 11.3 Å². The number of oxazole rings is 1. The molecule has 0 fully saturated rings. The average Bonchev–Trinajstić information content (AvgIpc) is 3.15. The fraction of sp³-hybridized carbons (Fsp3) is 0. The summed E-state index contributed by atoms with van der Waals surface area (Å²) in [6.45, 7) is 0. The van der Waals surface area contributed by atoms with Gasteiger partial charge in [-0.25, -0.2) is 4.98 Å². The molecule has 3 aromatic rings. The third kappa shape index (κ3) is 5.79. The molecule has 138 valence electrons. The maximum atomic E-state index is 10.6. The monoisotopic (exact) mass is 497 g/mol. The van der Waals surface area contributed by atoms with Crippen molar-refractivity contribution >= 4 is 49.5 Å². The van der Waals surface area contributed by atoms with Gasteiger partial charge in [0, 0.05) is 44.3 Å². The molecule has 0 saturated carbocycles. The minimum Gasteiger partial charge on any atom is -0.444 e. The van der Waals surface area contributed by atoms with Crippen LogP contribution in [0.15, 0.2) is 62.4 Å². The highest BCUT2D eigenvalue weighted by atomic mass is 79.9. The smallest absolute Gasteiger partial charge is 0.271 e. The van der Waals surface area contributed by atoms with Crippen LogP contribution in [0.5, 0.6) is 0 Å². The maximum absolute atomic E-state index is 10.6. The normalized spacial score (nSPS) is 9.85. The summed E-state index contributed by atoms with van der Waals surface area (Å²) < 4.78 is 6.21. The molecule has 0 bridgehead atoms. The molecule has 0 saturated heterocycles. The van der Waals surface area contributed by atoms with Crippen molar-refractivity contribution in [1.82, 2.24) is 4.98 Å². The van der Waals surface area contributed by atoms with Gasteiger partial charge in [0.1, 0.15) is 6.29 Å². The van der Waals surface area contributed by atoms with Crippen LogP contribution in [0.3, 0.4) is 0 Å². The van der Waals surface area contributed by atoms with Gasteiger partial charge in [0.25, 0.3) is 11.4 Å². The minimum absolute atomic E-state index is 0.00998. The molecule has 9 nitrogen and oxygen atoms in total. The van der Waals surface area contributed by atoms with E-state index in [1.807, 2.05) is 0 Å². The van der Waals surface area contributed by atoms with Crippen molar-refractivity contribution in [2.45, 2.75) is 0 Å². The van der Waals surface area contributed by atoms with Crippen LogP contribution < -0.4 is 0 Å². The Hall–Kier alpha value is -2.92. The van der Waals surface area contributed by atoms with E-state index in [0.717, 1.165) is 0 Å². The van der Waals surface area contributed by atoms with Crippen molar-refractivity contribution in [2.24, 2.45) is 0 Å². The van der Waals surface area contributed by atoms with Gasteiger partial charge >= 0.3 is 0 Å². The number of carbonyl (C=O) groups excluding carboxylic acids is 1. The third-order valence-electron chi connectivity index (χ3n) is 3.06. The molecule has 0 atom stereocenters. The summed E-state index contributed by atoms with van der Waals surface area (Å²) >= 11 is 6.26. The zero-order chi connectivity index (χ0) is 20.0. The van der Waals surface area contributed by atoms with Gasteiger partial charge in [-0.3, -0.25) is 25.0 Å². The molecule has 3 rings (SSSR count). The van der Waals surface area contributed by atoms with Crippen LogP contribution in [-0.4, -0.2) is 21.1 Å². The first kappa shape index (κ1) is 20.4. The second-order valence-corrected chi connectivity index (χ2v) is 6.77. The van der Waals surface area contributed by atoms with Crippen molar-refractivity contribution in [3.05, 3.63) is 83.7 Å².